The van der Waals surface area contributed by atoms with Gasteiger partial charge in [0.15, 0.2) is 10.8 Å². The van der Waals surface area contributed by atoms with Crippen molar-refractivity contribution < 1.29 is 4.74 Å². The number of nitrogens with one attached hydrogen (secondary N) is 1. The summed E-state index contributed by atoms with van der Waals surface area (Å²) in [5, 5.41) is 21.3. The van der Waals surface area contributed by atoms with Crippen LogP contribution < -0.4 is 4.74 Å². The van der Waals surface area contributed by atoms with Crippen LogP contribution in [0.3, 0.4) is 0 Å². The third kappa shape index (κ3) is 3.14. The van der Waals surface area contributed by atoms with Crippen molar-refractivity contribution in [2.24, 2.45) is 0 Å². The van der Waals surface area contributed by atoms with Gasteiger partial charge in [-0.1, -0.05) is 53.8 Å². The average Bonchev–Trinajstić information content (AvgIpc) is 3.43. The molecule has 0 bridgehead atoms. The van der Waals surface area contributed by atoms with E-state index >= 15 is 0 Å². The summed E-state index contributed by atoms with van der Waals surface area (Å²) in [6, 6.07) is 19.9. The molecule has 0 aliphatic rings. The van der Waals surface area contributed by atoms with E-state index in [9.17, 15) is 0 Å². The number of fused-ring (bicyclic) bond motifs is 1. The molecule has 3 aromatic heterocycles. The molecule has 0 amide bonds. The minimum atomic E-state index is 0.298. The van der Waals surface area contributed by atoms with Gasteiger partial charge in [-0.05, 0) is 30.7 Å². The molecule has 1 N–H and O–H groups in total. The van der Waals surface area contributed by atoms with Gasteiger partial charge in [-0.3, -0.25) is 5.10 Å². The Morgan fingerprint density at radius 2 is 1.93 bits per heavy atom. The second kappa shape index (κ2) is 6.90. The Hall–Kier alpha value is -3.52. The summed E-state index contributed by atoms with van der Waals surface area (Å²) in [6.45, 7) is 2.33. The summed E-state index contributed by atoms with van der Waals surface area (Å²) in [7, 11) is 0. The maximum Gasteiger partial charge on any atom is 0.235 e. The van der Waals surface area contributed by atoms with Crippen LogP contribution in [0, 0.1) is 6.92 Å². The molecule has 0 fully saturated rings. The highest BCUT2D eigenvalue weighted by molar-refractivity contribution is 7.19. The maximum atomic E-state index is 5.84. The van der Waals surface area contributed by atoms with Gasteiger partial charge in [0.1, 0.15) is 12.4 Å². The molecule has 5 rings (SSSR count). The van der Waals surface area contributed by atoms with E-state index in [1.54, 1.807) is 4.52 Å². The van der Waals surface area contributed by atoms with Crippen LogP contribution in [0.15, 0.2) is 60.7 Å². The first-order valence-electron chi connectivity index (χ1n) is 8.78. The number of H-pyrrole nitrogens is 1. The Balaban J connectivity index is 1.40. The van der Waals surface area contributed by atoms with Gasteiger partial charge in [0, 0.05) is 5.56 Å². The van der Waals surface area contributed by atoms with E-state index in [0.29, 0.717) is 17.4 Å². The zero-order chi connectivity index (χ0) is 18.9. The van der Waals surface area contributed by atoms with E-state index in [1.165, 1.54) is 11.3 Å². The molecule has 138 valence electrons. The predicted molar refractivity (Wildman–Crippen MR) is 107 cm³/mol. The molecule has 2 aromatic carbocycles. The van der Waals surface area contributed by atoms with Gasteiger partial charge in [-0.15, -0.1) is 10.2 Å². The lowest BCUT2D eigenvalue weighted by molar-refractivity contribution is 0.292. The molecule has 0 spiro atoms. The van der Waals surface area contributed by atoms with E-state index in [1.807, 2.05) is 67.6 Å². The van der Waals surface area contributed by atoms with Gasteiger partial charge in [-0.2, -0.15) is 14.7 Å². The first kappa shape index (κ1) is 16.6. The van der Waals surface area contributed by atoms with Gasteiger partial charge in [0.25, 0.3) is 0 Å². The summed E-state index contributed by atoms with van der Waals surface area (Å²) in [6.07, 6.45) is 0. The lowest BCUT2D eigenvalue weighted by Gasteiger charge is -2.04. The fourth-order valence-corrected chi connectivity index (χ4v) is 3.72. The molecule has 0 unspecified atom stereocenters. The fraction of sp³-hybridized carbons (Fsp3) is 0.100. The van der Waals surface area contributed by atoms with Gasteiger partial charge < -0.3 is 4.74 Å². The SMILES string of the molecule is Cc1cccc(OCc2nnc3sc(-c4cc(-c5ccccc5)n[nH]4)nn23)c1. The number of rotatable bonds is 5. The number of benzene rings is 2. The van der Waals surface area contributed by atoms with Crippen LogP contribution in [0.5, 0.6) is 5.75 Å². The minimum Gasteiger partial charge on any atom is -0.486 e. The molecule has 0 aliphatic heterocycles. The first-order valence-corrected chi connectivity index (χ1v) is 9.60. The summed E-state index contributed by atoms with van der Waals surface area (Å²) in [5.41, 5.74) is 3.93. The zero-order valence-electron chi connectivity index (χ0n) is 15.0. The standard InChI is InChI=1S/C20H16N6OS/c1-13-6-5-9-15(10-13)27-12-18-23-24-20-26(18)25-19(28-20)17-11-16(21-22-17)14-7-3-2-4-8-14/h2-11H,12H2,1H3,(H,21,22). The number of nitrogens with zero attached hydrogens (tertiary/aromatic N) is 5. The van der Waals surface area contributed by atoms with Crippen molar-refractivity contribution in [2.75, 3.05) is 0 Å². The molecule has 0 saturated carbocycles. The van der Waals surface area contributed by atoms with Crippen molar-refractivity contribution in [1.82, 2.24) is 30.0 Å². The van der Waals surface area contributed by atoms with Crippen molar-refractivity contribution in [3.63, 3.8) is 0 Å². The normalized spacial score (nSPS) is 11.2. The van der Waals surface area contributed by atoms with Gasteiger partial charge in [-0.25, -0.2) is 0 Å². The molecule has 7 nitrogen and oxygen atoms in total. The van der Waals surface area contributed by atoms with Gasteiger partial charge in [0.2, 0.25) is 4.96 Å². The minimum absolute atomic E-state index is 0.298. The molecule has 28 heavy (non-hydrogen) atoms. The molecule has 0 saturated heterocycles. The average molecular weight is 388 g/mol. The highest BCUT2D eigenvalue weighted by Crippen LogP contribution is 2.27. The Kier molecular flexibility index (Phi) is 4.10. The highest BCUT2D eigenvalue weighted by Gasteiger charge is 2.15. The van der Waals surface area contributed by atoms with Crippen LogP contribution in [0.1, 0.15) is 11.4 Å². The van der Waals surface area contributed by atoms with Crippen LogP contribution in [0.25, 0.3) is 26.9 Å². The van der Waals surface area contributed by atoms with Gasteiger partial charge >= 0.3 is 0 Å². The lowest BCUT2D eigenvalue weighted by atomic mass is 10.1. The molecular weight excluding hydrogens is 372 g/mol. The predicted octanol–water partition coefficient (Wildman–Crippen LogP) is 4.13. The summed E-state index contributed by atoms with van der Waals surface area (Å²) < 4.78 is 7.56. The molecule has 0 aliphatic carbocycles. The quantitative estimate of drug-likeness (QED) is 0.490. The van der Waals surface area contributed by atoms with Crippen LogP contribution >= 0.6 is 11.3 Å². The van der Waals surface area contributed by atoms with E-state index in [2.05, 4.69) is 25.5 Å². The lowest BCUT2D eigenvalue weighted by Crippen LogP contribution is -2.02. The summed E-state index contributed by atoms with van der Waals surface area (Å²) in [4.78, 5) is 0.716. The van der Waals surface area contributed by atoms with Crippen molar-refractivity contribution >= 4 is 16.3 Å². The van der Waals surface area contributed by atoms with Crippen LogP contribution in [0.4, 0.5) is 0 Å². The molecule has 0 atom stereocenters. The number of aromatic nitrogens is 6. The monoisotopic (exact) mass is 388 g/mol. The second-order valence-electron chi connectivity index (χ2n) is 6.36. The van der Waals surface area contributed by atoms with Crippen molar-refractivity contribution in [3.8, 4) is 27.7 Å². The van der Waals surface area contributed by atoms with E-state index in [4.69, 9.17) is 4.74 Å². The van der Waals surface area contributed by atoms with Crippen molar-refractivity contribution in [3.05, 3.63) is 72.1 Å². The summed E-state index contributed by atoms with van der Waals surface area (Å²) in [5.74, 6) is 1.45. The first-order chi connectivity index (χ1) is 13.8. The molecular formula is C20H16N6OS. The number of aromatic amines is 1. The van der Waals surface area contributed by atoms with E-state index in [0.717, 1.165) is 33.3 Å². The van der Waals surface area contributed by atoms with Crippen LogP contribution in [0.2, 0.25) is 0 Å². The second-order valence-corrected chi connectivity index (χ2v) is 7.31. The van der Waals surface area contributed by atoms with Crippen molar-refractivity contribution in [2.45, 2.75) is 13.5 Å². The van der Waals surface area contributed by atoms with Crippen LogP contribution in [-0.4, -0.2) is 30.0 Å². The molecule has 3 heterocycles. The summed E-state index contributed by atoms with van der Waals surface area (Å²) >= 11 is 1.46. The number of ether oxygens (including phenoxy) is 1. The Morgan fingerprint density at radius 1 is 1.04 bits per heavy atom. The maximum absolute atomic E-state index is 5.84. The third-order valence-corrected chi connectivity index (χ3v) is 5.22. The molecule has 5 aromatic rings. The van der Waals surface area contributed by atoms with E-state index in [-0.39, 0.29) is 0 Å². The van der Waals surface area contributed by atoms with Gasteiger partial charge in [0.05, 0.1) is 11.4 Å². The topological polar surface area (TPSA) is 81.0 Å². The fourth-order valence-electron chi connectivity index (χ4n) is 2.90. The third-order valence-electron chi connectivity index (χ3n) is 4.29. The number of aryl methyl sites for hydroxylation is 1. The largest absolute Gasteiger partial charge is 0.486 e. The van der Waals surface area contributed by atoms with Crippen molar-refractivity contribution in [1.29, 1.82) is 0 Å². The number of hydrogen-bond donors (Lipinski definition) is 1. The van der Waals surface area contributed by atoms with E-state index < -0.39 is 0 Å². The van der Waals surface area contributed by atoms with Crippen LogP contribution in [-0.2, 0) is 6.61 Å². The Morgan fingerprint density at radius 3 is 2.79 bits per heavy atom. The zero-order valence-corrected chi connectivity index (χ0v) is 15.8. The number of hydrogen-bond acceptors (Lipinski definition) is 6. The highest BCUT2D eigenvalue weighted by atomic mass is 32.1. The Bertz CT molecular complexity index is 1240. The molecule has 8 heteroatoms. The Labute approximate surface area is 164 Å². The molecule has 0 radical (unpaired) electrons. The smallest absolute Gasteiger partial charge is 0.235 e.